The van der Waals surface area contributed by atoms with Crippen molar-refractivity contribution < 1.29 is 4.42 Å². The predicted molar refractivity (Wildman–Crippen MR) is 235 cm³/mol. The number of hydrogen-bond acceptors (Lipinski definition) is 3. The molecule has 0 atom stereocenters. The minimum absolute atomic E-state index is 0.870. The van der Waals surface area contributed by atoms with E-state index < -0.39 is 0 Å². The first kappa shape index (κ1) is 31.6. The zero-order valence-electron chi connectivity index (χ0n) is 29.8. The van der Waals surface area contributed by atoms with Gasteiger partial charge in [-0.2, -0.15) is 0 Å². The molecule has 0 radical (unpaired) electrons. The summed E-state index contributed by atoms with van der Waals surface area (Å²) in [4.78, 5) is 2.37. The number of nitrogens with zero attached hydrogens (tertiary/aromatic N) is 1. The number of fused-ring (bicyclic) bond motifs is 7. The Morgan fingerprint density at radius 3 is 1.89 bits per heavy atom. The number of benzene rings is 9. The number of anilines is 3. The van der Waals surface area contributed by atoms with Crippen molar-refractivity contribution in [3.05, 3.63) is 200 Å². The van der Waals surface area contributed by atoms with Crippen LogP contribution >= 0.6 is 11.3 Å². The monoisotopic (exact) mass is 719 g/mol. The molecule has 0 aliphatic rings. The third-order valence-electron chi connectivity index (χ3n) is 10.9. The molecule has 0 fully saturated rings. The van der Waals surface area contributed by atoms with E-state index in [1.54, 1.807) is 0 Å². The van der Waals surface area contributed by atoms with Crippen molar-refractivity contribution in [3.8, 4) is 33.4 Å². The van der Waals surface area contributed by atoms with Crippen LogP contribution in [0.1, 0.15) is 0 Å². The number of furan rings is 1. The average molecular weight is 720 g/mol. The Labute approximate surface area is 322 Å². The molecule has 2 nitrogen and oxygen atoms in total. The van der Waals surface area contributed by atoms with Crippen LogP contribution in [0.25, 0.3) is 86.3 Å². The average Bonchev–Trinajstić information content (AvgIpc) is 3.82. The number of rotatable bonds is 6. The van der Waals surface area contributed by atoms with Gasteiger partial charge in [-0.25, -0.2) is 0 Å². The van der Waals surface area contributed by atoms with Gasteiger partial charge in [0.1, 0.15) is 11.2 Å². The van der Waals surface area contributed by atoms with Crippen LogP contribution in [0.4, 0.5) is 17.1 Å². The lowest BCUT2D eigenvalue weighted by Crippen LogP contribution is -2.11. The zero-order valence-corrected chi connectivity index (χ0v) is 30.6. The molecule has 3 heteroatoms. The van der Waals surface area contributed by atoms with Gasteiger partial charge in [-0.15, -0.1) is 11.3 Å². The maximum atomic E-state index is 6.43. The second kappa shape index (κ2) is 12.9. The van der Waals surface area contributed by atoms with Crippen LogP contribution in [0.5, 0.6) is 0 Å². The summed E-state index contributed by atoms with van der Waals surface area (Å²) in [6.07, 6.45) is 0. The number of para-hydroxylation sites is 2. The summed E-state index contributed by atoms with van der Waals surface area (Å²) >= 11 is 1.85. The SMILES string of the molecule is c1cc(-c2ccc(N(c3ccc4c(c3)oc3ccccc34)c3ccccc3-c3ccc4c(c3)sc3ccccc34)cc2)cc(-c2ccc3ccccc3c2)c1. The van der Waals surface area contributed by atoms with Gasteiger partial charge in [-0.3, -0.25) is 0 Å². The van der Waals surface area contributed by atoms with Gasteiger partial charge in [0.05, 0.1) is 5.69 Å². The van der Waals surface area contributed by atoms with E-state index in [1.807, 2.05) is 23.5 Å². The molecule has 0 saturated heterocycles. The van der Waals surface area contributed by atoms with Crippen molar-refractivity contribution in [2.45, 2.75) is 0 Å². The summed E-state index contributed by atoms with van der Waals surface area (Å²) in [7, 11) is 0. The van der Waals surface area contributed by atoms with Crippen molar-refractivity contribution in [2.75, 3.05) is 4.90 Å². The van der Waals surface area contributed by atoms with E-state index in [2.05, 4.69) is 193 Å². The lowest BCUT2D eigenvalue weighted by molar-refractivity contribution is 0.669. The Hall–Kier alpha value is -6.94. The molecule has 11 aromatic rings. The van der Waals surface area contributed by atoms with Gasteiger partial charge in [0.25, 0.3) is 0 Å². The van der Waals surface area contributed by atoms with Gasteiger partial charge in [0.2, 0.25) is 0 Å². The first-order chi connectivity index (χ1) is 27.2. The molecule has 258 valence electrons. The van der Waals surface area contributed by atoms with Crippen LogP contribution in [0, 0.1) is 0 Å². The van der Waals surface area contributed by atoms with Crippen LogP contribution in [-0.2, 0) is 0 Å². The molecule has 0 spiro atoms. The fourth-order valence-corrected chi connectivity index (χ4v) is 9.28. The second-order valence-corrected chi connectivity index (χ2v) is 15.2. The van der Waals surface area contributed by atoms with Crippen molar-refractivity contribution in [3.63, 3.8) is 0 Å². The molecule has 0 N–H and O–H groups in total. The Bertz CT molecular complexity index is 3220. The molecular weight excluding hydrogens is 687 g/mol. The minimum Gasteiger partial charge on any atom is -0.456 e. The van der Waals surface area contributed by atoms with E-state index in [9.17, 15) is 0 Å². The Morgan fingerprint density at radius 2 is 0.982 bits per heavy atom. The molecule has 0 aliphatic carbocycles. The van der Waals surface area contributed by atoms with Crippen molar-refractivity contribution in [2.24, 2.45) is 0 Å². The van der Waals surface area contributed by atoms with Crippen molar-refractivity contribution in [1.29, 1.82) is 0 Å². The summed E-state index contributed by atoms with van der Waals surface area (Å²) < 4.78 is 9.03. The normalized spacial score (nSPS) is 11.6. The first-order valence-electron chi connectivity index (χ1n) is 18.7. The molecule has 0 aliphatic heterocycles. The number of thiophene rings is 1. The molecule has 0 amide bonds. The van der Waals surface area contributed by atoms with Gasteiger partial charge >= 0.3 is 0 Å². The fraction of sp³-hybridized carbons (Fsp3) is 0. The first-order valence-corrected chi connectivity index (χ1v) is 19.5. The van der Waals surface area contributed by atoms with Crippen LogP contribution in [0.3, 0.4) is 0 Å². The van der Waals surface area contributed by atoms with Crippen LogP contribution in [-0.4, -0.2) is 0 Å². The quantitative estimate of drug-likeness (QED) is 0.170. The highest BCUT2D eigenvalue weighted by Gasteiger charge is 2.20. The standard InChI is InChI=1S/C52H33NOS/c1-2-11-36-31-39(21-20-34(36)10-1)38-13-9-12-37(30-38)35-22-25-41(26-23-35)53(42-27-29-45-44-15-4-7-18-49(44)54-50(45)33-42)48-17-6-3-14-43(48)40-24-28-47-46-16-5-8-19-51(46)55-52(47)32-40/h1-33H. The molecule has 2 aromatic heterocycles. The van der Waals surface area contributed by atoms with Crippen LogP contribution < -0.4 is 4.90 Å². The maximum Gasteiger partial charge on any atom is 0.137 e. The van der Waals surface area contributed by atoms with Crippen LogP contribution in [0.2, 0.25) is 0 Å². The largest absolute Gasteiger partial charge is 0.456 e. The smallest absolute Gasteiger partial charge is 0.137 e. The third kappa shape index (κ3) is 5.48. The zero-order chi connectivity index (χ0) is 36.3. The third-order valence-corrected chi connectivity index (χ3v) is 12.0. The van der Waals surface area contributed by atoms with E-state index in [0.717, 1.165) is 39.0 Å². The highest BCUT2D eigenvalue weighted by atomic mass is 32.1. The molecule has 0 unspecified atom stereocenters. The van der Waals surface area contributed by atoms with E-state index in [4.69, 9.17) is 4.42 Å². The Kier molecular flexibility index (Phi) is 7.39. The van der Waals surface area contributed by atoms with Gasteiger partial charge in [0.15, 0.2) is 0 Å². The summed E-state index contributed by atoms with van der Waals surface area (Å²) in [5.74, 6) is 0. The lowest BCUT2D eigenvalue weighted by atomic mass is 9.97. The minimum atomic E-state index is 0.870. The van der Waals surface area contributed by atoms with E-state index in [1.165, 1.54) is 64.3 Å². The molecule has 0 bridgehead atoms. The molecule has 11 rings (SSSR count). The lowest BCUT2D eigenvalue weighted by Gasteiger charge is -2.28. The molecule has 0 saturated carbocycles. The van der Waals surface area contributed by atoms with Crippen LogP contribution in [0.15, 0.2) is 205 Å². The summed E-state index contributed by atoms with van der Waals surface area (Å²) in [6.45, 7) is 0. The highest BCUT2D eigenvalue weighted by molar-refractivity contribution is 7.25. The molecule has 9 aromatic carbocycles. The summed E-state index contributed by atoms with van der Waals surface area (Å²) in [5, 5.41) is 7.36. The Balaban J connectivity index is 1.03. The molecule has 55 heavy (non-hydrogen) atoms. The van der Waals surface area contributed by atoms with Gasteiger partial charge in [-0.05, 0) is 99.3 Å². The van der Waals surface area contributed by atoms with E-state index in [0.29, 0.717) is 0 Å². The van der Waals surface area contributed by atoms with Crippen molar-refractivity contribution >= 4 is 81.3 Å². The highest BCUT2D eigenvalue weighted by Crippen LogP contribution is 2.45. The fourth-order valence-electron chi connectivity index (χ4n) is 8.14. The maximum absolute atomic E-state index is 6.43. The Morgan fingerprint density at radius 1 is 0.345 bits per heavy atom. The summed E-state index contributed by atoms with van der Waals surface area (Å²) in [5.41, 5.74) is 12.1. The predicted octanol–water partition coefficient (Wildman–Crippen LogP) is 15.6. The van der Waals surface area contributed by atoms with Crippen molar-refractivity contribution in [1.82, 2.24) is 0 Å². The molecule has 2 heterocycles. The van der Waals surface area contributed by atoms with Gasteiger partial charge < -0.3 is 9.32 Å². The van der Waals surface area contributed by atoms with Gasteiger partial charge in [-0.1, -0.05) is 133 Å². The second-order valence-electron chi connectivity index (χ2n) is 14.1. The topological polar surface area (TPSA) is 16.4 Å². The van der Waals surface area contributed by atoms with E-state index >= 15 is 0 Å². The van der Waals surface area contributed by atoms with E-state index in [-0.39, 0.29) is 0 Å². The molecular formula is C52H33NOS. The van der Waals surface area contributed by atoms with Gasteiger partial charge in [0, 0.05) is 53.9 Å². The number of hydrogen-bond donors (Lipinski definition) is 0. The summed E-state index contributed by atoms with van der Waals surface area (Å²) in [6, 6.07) is 72.3.